The first-order valence-electron chi connectivity index (χ1n) is 11.2. The number of fused-ring (bicyclic) bond motifs is 1. The normalized spacial score (nSPS) is 20.5. The van der Waals surface area contributed by atoms with Crippen molar-refractivity contribution in [3.05, 3.63) is 111 Å². The highest BCUT2D eigenvalue weighted by Crippen LogP contribution is 2.41. The molecule has 2 aliphatic heterocycles. The van der Waals surface area contributed by atoms with Crippen molar-refractivity contribution in [2.75, 3.05) is 0 Å². The predicted molar refractivity (Wildman–Crippen MR) is 128 cm³/mol. The molecule has 1 amide bonds. The Morgan fingerprint density at radius 2 is 1.80 bits per heavy atom. The van der Waals surface area contributed by atoms with Gasteiger partial charge in [-0.15, -0.1) is 0 Å². The highest BCUT2D eigenvalue weighted by Gasteiger charge is 2.46. The van der Waals surface area contributed by atoms with E-state index in [-0.39, 0.29) is 29.7 Å². The molecule has 0 saturated carbocycles. The standard InChI is InChI=1S/C27H22N2O6/c1-16-13-20-14-19(9-12-22(20)35-16)25(30)23-24(18-7-10-21(11-8-18)29(33)34)28(27(32)26(23)31)15-17-5-3-2-4-6-17/h2-12,14,16,24,30H,13,15H2,1H3/b25-23+/t16-,24+/m1/s1. The van der Waals surface area contributed by atoms with E-state index in [9.17, 15) is 24.8 Å². The molecule has 0 aromatic heterocycles. The zero-order valence-corrected chi connectivity index (χ0v) is 18.9. The van der Waals surface area contributed by atoms with Gasteiger partial charge in [0.15, 0.2) is 0 Å². The van der Waals surface area contributed by atoms with Crippen LogP contribution < -0.4 is 4.74 Å². The fraction of sp³-hybridized carbons (Fsp3) is 0.185. The number of ketones is 1. The Kier molecular flexibility index (Phi) is 5.56. The zero-order chi connectivity index (χ0) is 24.7. The van der Waals surface area contributed by atoms with Crippen LogP contribution in [0.25, 0.3) is 5.76 Å². The van der Waals surface area contributed by atoms with Crippen molar-refractivity contribution >= 4 is 23.1 Å². The molecule has 0 spiro atoms. The Hall–Kier alpha value is -4.46. The van der Waals surface area contributed by atoms with Crippen molar-refractivity contribution in [1.82, 2.24) is 4.90 Å². The Labute approximate surface area is 201 Å². The second kappa shape index (κ2) is 8.72. The molecular formula is C27H22N2O6. The molecule has 1 N–H and O–H groups in total. The number of nitro benzene ring substituents is 1. The molecule has 0 radical (unpaired) electrons. The predicted octanol–water partition coefficient (Wildman–Crippen LogP) is 4.54. The smallest absolute Gasteiger partial charge is 0.295 e. The molecule has 2 heterocycles. The van der Waals surface area contributed by atoms with Crippen molar-refractivity contribution in [3.63, 3.8) is 0 Å². The lowest BCUT2D eigenvalue weighted by Crippen LogP contribution is -2.29. The van der Waals surface area contributed by atoms with Crippen LogP contribution in [0.3, 0.4) is 0 Å². The first-order valence-corrected chi connectivity index (χ1v) is 11.2. The Morgan fingerprint density at radius 3 is 2.49 bits per heavy atom. The van der Waals surface area contributed by atoms with Gasteiger partial charge in [0.1, 0.15) is 17.6 Å². The maximum absolute atomic E-state index is 13.2. The number of aliphatic hydroxyl groups excluding tert-OH is 1. The first-order chi connectivity index (χ1) is 16.8. The molecule has 0 bridgehead atoms. The zero-order valence-electron chi connectivity index (χ0n) is 18.9. The van der Waals surface area contributed by atoms with Crippen LogP contribution in [0, 0.1) is 10.1 Å². The summed E-state index contributed by atoms with van der Waals surface area (Å²) in [6, 6.07) is 19.1. The van der Waals surface area contributed by atoms with Crippen LogP contribution in [0.4, 0.5) is 5.69 Å². The van der Waals surface area contributed by atoms with Gasteiger partial charge in [-0.25, -0.2) is 0 Å². The summed E-state index contributed by atoms with van der Waals surface area (Å²) < 4.78 is 5.73. The van der Waals surface area contributed by atoms with Crippen LogP contribution in [0.2, 0.25) is 0 Å². The Balaban J connectivity index is 1.63. The number of amides is 1. The minimum atomic E-state index is -0.903. The fourth-order valence-corrected chi connectivity index (χ4v) is 4.67. The number of benzene rings is 3. The summed E-state index contributed by atoms with van der Waals surface area (Å²) in [5.74, 6) is -1.10. The monoisotopic (exact) mass is 470 g/mol. The van der Waals surface area contributed by atoms with E-state index < -0.39 is 22.7 Å². The van der Waals surface area contributed by atoms with E-state index in [4.69, 9.17) is 4.74 Å². The van der Waals surface area contributed by atoms with Crippen LogP contribution in [0.5, 0.6) is 5.75 Å². The lowest BCUT2D eigenvalue weighted by Gasteiger charge is -2.25. The molecule has 2 aliphatic rings. The number of non-ortho nitro benzene ring substituents is 1. The van der Waals surface area contributed by atoms with Crippen LogP contribution in [-0.4, -0.2) is 32.7 Å². The lowest BCUT2D eigenvalue weighted by atomic mass is 9.94. The van der Waals surface area contributed by atoms with Crippen molar-refractivity contribution in [1.29, 1.82) is 0 Å². The van der Waals surface area contributed by atoms with Gasteiger partial charge in [-0.05, 0) is 53.9 Å². The number of rotatable bonds is 5. The van der Waals surface area contributed by atoms with E-state index in [2.05, 4.69) is 0 Å². The molecule has 35 heavy (non-hydrogen) atoms. The van der Waals surface area contributed by atoms with Crippen LogP contribution in [0.15, 0.2) is 78.4 Å². The quantitative estimate of drug-likeness (QED) is 0.193. The van der Waals surface area contributed by atoms with Crippen molar-refractivity contribution in [2.45, 2.75) is 32.0 Å². The molecule has 0 unspecified atom stereocenters. The summed E-state index contributed by atoms with van der Waals surface area (Å²) in [5.41, 5.74) is 2.46. The van der Waals surface area contributed by atoms with Crippen LogP contribution >= 0.6 is 0 Å². The largest absolute Gasteiger partial charge is 0.507 e. The van der Waals surface area contributed by atoms with Gasteiger partial charge in [-0.1, -0.05) is 30.3 Å². The molecule has 8 nitrogen and oxygen atoms in total. The fourth-order valence-electron chi connectivity index (χ4n) is 4.67. The highest BCUT2D eigenvalue weighted by molar-refractivity contribution is 6.46. The van der Waals surface area contributed by atoms with E-state index in [1.54, 1.807) is 18.2 Å². The van der Waals surface area contributed by atoms with Gasteiger partial charge in [0.2, 0.25) is 0 Å². The number of nitrogens with zero attached hydrogens (tertiary/aromatic N) is 2. The summed E-state index contributed by atoms with van der Waals surface area (Å²) in [4.78, 5) is 38.4. The van der Waals surface area contributed by atoms with E-state index in [1.165, 1.54) is 29.2 Å². The van der Waals surface area contributed by atoms with Crippen LogP contribution in [-0.2, 0) is 22.6 Å². The van der Waals surface area contributed by atoms with E-state index in [0.717, 1.165) is 16.9 Å². The summed E-state index contributed by atoms with van der Waals surface area (Å²) in [7, 11) is 0. The number of nitro groups is 1. The molecule has 8 heteroatoms. The molecule has 0 aliphatic carbocycles. The number of carbonyl (C=O) groups is 2. The van der Waals surface area contributed by atoms with Crippen molar-refractivity contribution in [2.24, 2.45) is 0 Å². The minimum absolute atomic E-state index is 0.0129. The van der Waals surface area contributed by atoms with Gasteiger partial charge in [-0.2, -0.15) is 0 Å². The van der Waals surface area contributed by atoms with Gasteiger partial charge >= 0.3 is 0 Å². The molecule has 1 saturated heterocycles. The number of ether oxygens (including phenoxy) is 1. The molecule has 3 aromatic rings. The van der Waals surface area contributed by atoms with E-state index in [0.29, 0.717) is 17.5 Å². The number of hydrogen-bond acceptors (Lipinski definition) is 6. The summed E-state index contributed by atoms with van der Waals surface area (Å²) in [6.07, 6.45) is 0.684. The third kappa shape index (κ3) is 4.03. The second-order valence-corrected chi connectivity index (χ2v) is 8.72. The number of aliphatic hydroxyl groups is 1. The summed E-state index contributed by atoms with van der Waals surface area (Å²) in [5, 5.41) is 22.4. The summed E-state index contributed by atoms with van der Waals surface area (Å²) in [6.45, 7) is 2.09. The molecule has 5 rings (SSSR count). The average molecular weight is 470 g/mol. The van der Waals surface area contributed by atoms with Crippen molar-refractivity contribution in [3.8, 4) is 5.75 Å². The van der Waals surface area contributed by atoms with E-state index in [1.807, 2.05) is 37.3 Å². The Morgan fingerprint density at radius 1 is 1.09 bits per heavy atom. The lowest BCUT2D eigenvalue weighted by molar-refractivity contribution is -0.384. The molecule has 3 aromatic carbocycles. The van der Waals surface area contributed by atoms with Crippen molar-refractivity contribution < 1.29 is 24.4 Å². The van der Waals surface area contributed by atoms with Gasteiger partial charge in [-0.3, -0.25) is 19.7 Å². The van der Waals surface area contributed by atoms with Gasteiger partial charge in [0.25, 0.3) is 17.4 Å². The molecule has 176 valence electrons. The Bertz CT molecular complexity index is 1360. The highest BCUT2D eigenvalue weighted by atomic mass is 16.6. The maximum atomic E-state index is 13.2. The van der Waals surface area contributed by atoms with Gasteiger partial charge < -0.3 is 14.7 Å². The average Bonchev–Trinajstić information content (AvgIpc) is 3.35. The second-order valence-electron chi connectivity index (χ2n) is 8.72. The molecule has 2 atom stereocenters. The van der Waals surface area contributed by atoms with E-state index >= 15 is 0 Å². The summed E-state index contributed by atoms with van der Waals surface area (Å²) >= 11 is 0. The SMILES string of the molecule is C[C@@H]1Cc2cc(/C(O)=C3\C(=O)C(=O)N(Cc4ccccc4)[C@H]3c3ccc([N+](=O)[O-])cc3)ccc2O1. The molecule has 1 fully saturated rings. The maximum Gasteiger partial charge on any atom is 0.295 e. The third-order valence-corrected chi connectivity index (χ3v) is 6.32. The van der Waals surface area contributed by atoms with Crippen LogP contribution in [0.1, 0.15) is 35.2 Å². The third-order valence-electron chi connectivity index (χ3n) is 6.32. The minimum Gasteiger partial charge on any atom is -0.507 e. The molecular weight excluding hydrogens is 448 g/mol. The van der Waals surface area contributed by atoms with Gasteiger partial charge in [0.05, 0.1) is 16.5 Å². The van der Waals surface area contributed by atoms with Gasteiger partial charge in [0, 0.05) is 30.7 Å². The first kappa shape index (κ1) is 22.3. The number of hydrogen-bond donors (Lipinski definition) is 1. The number of likely N-dealkylation sites (tertiary alicyclic amines) is 1. The number of Topliss-reactive ketones (excluding diaryl/α,β-unsaturated/α-hetero) is 1. The number of carbonyl (C=O) groups excluding carboxylic acids is 2. The topological polar surface area (TPSA) is 110 Å².